The Morgan fingerprint density at radius 1 is 1.19 bits per heavy atom. The van der Waals surface area contributed by atoms with Gasteiger partial charge >= 0.3 is 0 Å². The molecule has 1 saturated carbocycles. The quantitative estimate of drug-likeness (QED) is 0.423. The van der Waals surface area contributed by atoms with Crippen LogP contribution in [-0.4, -0.2) is 50.3 Å². The summed E-state index contributed by atoms with van der Waals surface area (Å²) in [5.74, 6) is -0.102. The van der Waals surface area contributed by atoms with Crippen molar-refractivity contribution in [1.29, 1.82) is 0 Å². The Bertz CT molecular complexity index is 1150. The molecule has 168 valence electrons. The molecule has 4 rings (SSSR count). The van der Waals surface area contributed by atoms with E-state index >= 15 is 0 Å². The van der Waals surface area contributed by atoms with Gasteiger partial charge in [-0.2, -0.15) is 0 Å². The maximum atomic E-state index is 14.0. The topological polar surface area (TPSA) is 112 Å². The van der Waals surface area contributed by atoms with Gasteiger partial charge in [-0.1, -0.05) is 0 Å². The molecule has 10 heteroatoms. The molecule has 3 aromatic rings. The number of aromatic nitrogens is 3. The van der Waals surface area contributed by atoms with Crippen LogP contribution in [0.15, 0.2) is 36.7 Å². The molecule has 1 unspecified atom stereocenters. The van der Waals surface area contributed by atoms with E-state index in [-0.39, 0.29) is 18.2 Å². The second kappa shape index (κ2) is 8.62. The Kier molecular flexibility index (Phi) is 5.88. The van der Waals surface area contributed by atoms with Gasteiger partial charge in [0, 0.05) is 24.4 Å². The Labute approximate surface area is 183 Å². The van der Waals surface area contributed by atoms with E-state index < -0.39 is 23.5 Å². The maximum Gasteiger partial charge on any atom is 0.255 e. The summed E-state index contributed by atoms with van der Waals surface area (Å²) in [6.45, 7) is 2.37. The Balaban J connectivity index is 1.53. The van der Waals surface area contributed by atoms with Gasteiger partial charge < -0.3 is 21.1 Å². The van der Waals surface area contributed by atoms with Crippen molar-refractivity contribution in [1.82, 2.24) is 20.3 Å². The number of carbonyl (C=O) groups is 1. The van der Waals surface area contributed by atoms with Crippen LogP contribution >= 0.6 is 0 Å². The molecule has 32 heavy (non-hydrogen) atoms. The molecule has 0 aliphatic heterocycles. The zero-order valence-corrected chi connectivity index (χ0v) is 17.7. The van der Waals surface area contributed by atoms with Crippen molar-refractivity contribution < 1.29 is 18.7 Å². The van der Waals surface area contributed by atoms with Gasteiger partial charge in [0.05, 0.1) is 40.6 Å². The second-order valence-electron chi connectivity index (χ2n) is 8.38. The monoisotopic (exact) mass is 442 g/mol. The number of aliphatic hydroxyl groups is 1. The predicted molar refractivity (Wildman–Crippen MR) is 117 cm³/mol. The molecule has 3 aromatic heterocycles. The number of halogens is 2. The fraction of sp³-hybridized carbons (Fsp3) is 0.364. The molecule has 4 N–H and O–H groups in total. The fourth-order valence-corrected chi connectivity index (χ4v) is 2.98. The van der Waals surface area contributed by atoms with E-state index in [0.717, 1.165) is 19.0 Å². The first kappa shape index (κ1) is 21.8. The molecule has 0 bridgehead atoms. The van der Waals surface area contributed by atoms with Gasteiger partial charge in [-0.25, -0.2) is 18.7 Å². The first-order chi connectivity index (χ1) is 15.2. The molecule has 1 aliphatic rings. The van der Waals surface area contributed by atoms with Crippen molar-refractivity contribution in [3.63, 3.8) is 0 Å². The lowest BCUT2D eigenvalue weighted by Crippen LogP contribution is -2.42. The van der Waals surface area contributed by atoms with Crippen LogP contribution in [-0.2, 0) is 0 Å². The normalized spacial score (nSPS) is 14.8. The van der Waals surface area contributed by atoms with Crippen molar-refractivity contribution in [2.24, 2.45) is 0 Å². The third-order valence-corrected chi connectivity index (χ3v) is 5.05. The molecule has 0 saturated heterocycles. The molecular weight excluding hydrogens is 418 g/mol. The van der Waals surface area contributed by atoms with E-state index in [4.69, 9.17) is 0 Å². The van der Waals surface area contributed by atoms with Crippen molar-refractivity contribution >= 4 is 34.3 Å². The molecule has 1 aliphatic carbocycles. The number of nitrogens with zero attached hydrogens (tertiary/aromatic N) is 3. The van der Waals surface area contributed by atoms with Gasteiger partial charge in [0.1, 0.15) is 23.6 Å². The number of carbonyl (C=O) groups excluding carboxylic acids is 1. The average Bonchev–Trinajstić information content (AvgIpc) is 3.55. The van der Waals surface area contributed by atoms with Crippen LogP contribution in [0.1, 0.15) is 37.0 Å². The van der Waals surface area contributed by atoms with E-state index in [1.54, 1.807) is 18.2 Å². The molecule has 0 radical (unpaired) electrons. The highest BCUT2D eigenvalue weighted by molar-refractivity contribution is 6.00. The maximum absolute atomic E-state index is 14.0. The molecule has 0 spiro atoms. The molecule has 0 aromatic carbocycles. The SMILES string of the molecule is CC(C)(O)C(F)CNC(=O)c1cnc(Nc2ccc3ncc(F)cc3n2)cc1NC1CC1. The smallest absolute Gasteiger partial charge is 0.255 e. The summed E-state index contributed by atoms with van der Waals surface area (Å²) in [4.78, 5) is 25.2. The summed E-state index contributed by atoms with van der Waals surface area (Å²) >= 11 is 0. The van der Waals surface area contributed by atoms with E-state index in [1.807, 2.05) is 0 Å². The molecule has 1 amide bonds. The fourth-order valence-electron chi connectivity index (χ4n) is 2.98. The zero-order chi connectivity index (χ0) is 22.9. The van der Waals surface area contributed by atoms with Gasteiger partial charge in [0.15, 0.2) is 0 Å². The summed E-state index contributed by atoms with van der Waals surface area (Å²) in [6, 6.07) is 6.63. The minimum Gasteiger partial charge on any atom is -0.387 e. The minimum atomic E-state index is -1.61. The number of amides is 1. The summed E-state index contributed by atoms with van der Waals surface area (Å²) in [6.07, 6.45) is 2.88. The van der Waals surface area contributed by atoms with Gasteiger partial charge in [-0.05, 0) is 38.8 Å². The lowest BCUT2D eigenvalue weighted by atomic mass is 10.0. The molecule has 3 heterocycles. The second-order valence-corrected chi connectivity index (χ2v) is 8.38. The predicted octanol–water partition coefficient (Wildman–Crippen LogP) is 3.32. The summed E-state index contributed by atoms with van der Waals surface area (Å²) in [5.41, 5.74) is 0.220. The van der Waals surface area contributed by atoms with Gasteiger partial charge in [-0.3, -0.25) is 9.78 Å². The van der Waals surface area contributed by atoms with Crippen LogP contribution in [0.25, 0.3) is 11.0 Å². The third-order valence-electron chi connectivity index (χ3n) is 5.05. The van der Waals surface area contributed by atoms with Crippen molar-refractivity contribution in [2.75, 3.05) is 17.2 Å². The van der Waals surface area contributed by atoms with E-state index in [1.165, 1.54) is 26.1 Å². The standard InChI is InChI=1S/C22H24F2N6O2/c1-22(2,32)18(24)11-27-21(31)14-10-26-20(8-16(14)28-13-3-4-13)30-19-6-5-15-17(29-19)7-12(23)9-25-15/h5-10,13,18,32H,3-4,11H2,1-2H3,(H,27,31)(H2,26,28,29,30). The lowest BCUT2D eigenvalue weighted by Gasteiger charge is -2.22. The van der Waals surface area contributed by atoms with E-state index in [9.17, 15) is 18.7 Å². The lowest BCUT2D eigenvalue weighted by molar-refractivity contribution is -0.00177. The Morgan fingerprint density at radius 3 is 2.69 bits per heavy atom. The van der Waals surface area contributed by atoms with Gasteiger partial charge in [0.2, 0.25) is 0 Å². The number of alkyl halides is 1. The van der Waals surface area contributed by atoms with Crippen molar-refractivity contribution in [3.8, 4) is 0 Å². The van der Waals surface area contributed by atoms with Crippen LogP contribution in [0.4, 0.5) is 26.1 Å². The van der Waals surface area contributed by atoms with Crippen molar-refractivity contribution in [3.05, 3.63) is 48.0 Å². The number of fused-ring (bicyclic) bond motifs is 1. The van der Waals surface area contributed by atoms with Crippen molar-refractivity contribution in [2.45, 2.75) is 44.5 Å². The summed E-state index contributed by atoms with van der Waals surface area (Å²) in [5, 5.41) is 18.6. The van der Waals surface area contributed by atoms with Crippen LogP contribution in [0.3, 0.4) is 0 Å². The first-order valence-electron chi connectivity index (χ1n) is 10.3. The number of rotatable bonds is 8. The van der Waals surface area contributed by atoms with Crippen LogP contribution in [0.5, 0.6) is 0 Å². The largest absolute Gasteiger partial charge is 0.387 e. The van der Waals surface area contributed by atoms with Crippen LogP contribution < -0.4 is 16.0 Å². The molecular formula is C22H24F2N6O2. The number of hydrogen-bond acceptors (Lipinski definition) is 7. The minimum absolute atomic E-state index is 0.259. The molecule has 1 atom stereocenters. The highest BCUT2D eigenvalue weighted by Gasteiger charge is 2.28. The Morgan fingerprint density at radius 2 is 1.97 bits per heavy atom. The highest BCUT2D eigenvalue weighted by atomic mass is 19.1. The number of anilines is 3. The van der Waals surface area contributed by atoms with Gasteiger partial charge in [0.25, 0.3) is 5.91 Å². The first-order valence-corrected chi connectivity index (χ1v) is 10.3. The van der Waals surface area contributed by atoms with Crippen LogP contribution in [0.2, 0.25) is 0 Å². The average molecular weight is 442 g/mol. The highest BCUT2D eigenvalue weighted by Crippen LogP contribution is 2.29. The molecule has 1 fully saturated rings. The van der Waals surface area contributed by atoms with E-state index in [0.29, 0.717) is 28.4 Å². The summed E-state index contributed by atoms with van der Waals surface area (Å²) < 4.78 is 27.5. The third kappa shape index (κ3) is 5.25. The summed E-state index contributed by atoms with van der Waals surface area (Å²) in [7, 11) is 0. The van der Waals surface area contributed by atoms with Gasteiger partial charge in [-0.15, -0.1) is 0 Å². The number of pyridine rings is 3. The number of hydrogen-bond donors (Lipinski definition) is 4. The van der Waals surface area contributed by atoms with Crippen LogP contribution in [0, 0.1) is 5.82 Å². The Hall–Kier alpha value is -3.40. The zero-order valence-electron chi connectivity index (χ0n) is 17.7. The van der Waals surface area contributed by atoms with E-state index in [2.05, 4.69) is 30.9 Å². The number of nitrogens with one attached hydrogen (secondary N) is 3. The molecule has 8 nitrogen and oxygen atoms in total.